The van der Waals surface area contributed by atoms with Gasteiger partial charge in [-0.2, -0.15) is 0 Å². The average molecular weight is 464 g/mol. The molecule has 1 rings (SSSR count). The fraction of sp³-hybridized carbons (Fsp3) is 1.00. The number of hydrogen-bond acceptors (Lipinski definition) is 5. The Kier molecular flexibility index (Phi) is 15.6. The highest BCUT2D eigenvalue weighted by atomic mass is 31.2. The fourth-order valence-electron chi connectivity index (χ4n) is 4.06. The second kappa shape index (κ2) is 16.6. The molecule has 1 fully saturated rings. The Labute approximate surface area is 192 Å². The van der Waals surface area contributed by atoms with Crippen LogP contribution in [0.3, 0.4) is 0 Å². The highest BCUT2D eigenvalue weighted by molar-refractivity contribution is 7.45. The van der Waals surface area contributed by atoms with Crippen molar-refractivity contribution in [2.24, 2.45) is 5.92 Å². The Bertz CT molecular complexity index is 483. The van der Waals surface area contributed by atoms with E-state index < -0.39 is 7.82 Å². The van der Waals surface area contributed by atoms with E-state index in [4.69, 9.17) is 13.8 Å². The first-order valence-electron chi connectivity index (χ1n) is 12.8. The summed E-state index contributed by atoms with van der Waals surface area (Å²) in [5.74, 6) is 0.150. The second-order valence-corrected chi connectivity index (χ2v) is 11.6. The molecule has 1 aliphatic carbocycles. The van der Waals surface area contributed by atoms with Crippen molar-refractivity contribution in [3.05, 3.63) is 0 Å². The van der Waals surface area contributed by atoms with Crippen LogP contribution in [0.25, 0.3) is 0 Å². The molecule has 186 valence electrons. The minimum absolute atomic E-state index is 0.120. The quantitative estimate of drug-likeness (QED) is 0.132. The van der Waals surface area contributed by atoms with Crippen LogP contribution in [0.1, 0.15) is 96.8 Å². The third kappa shape index (κ3) is 16.3. The van der Waals surface area contributed by atoms with Gasteiger partial charge in [-0.3, -0.25) is 4.57 Å². The predicted octanol–water partition coefficient (Wildman–Crippen LogP) is 5.69. The maximum atomic E-state index is 12.0. The van der Waals surface area contributed by atoms with Gasteiger partial charge in [-0.25, -0.2) is 0 Å². The number of nitrogens with zero attached hydrogens (tertiary/aromatic N) is 1. The molecule has 0 aliphatic heterocycles. The average Bonchev–Trinajstić information content (AvgIpc) is 3.13. The highest BCUT2D eigenvalue weighted by Gasteiger charge is 2.29. The SMILES string of the molecule is CCCCCCCCCCCCCO[C@@H]1CCC[C@H]1COP(=O)([O-])OCC[N+](C)(C)C. The van der Waals surface area contributed by atoms with E-state index in [0.717, 1.165) is 32.3 Å². The summed E-state index contributed by atoms with van der Waals surface area (Å²) >= 11 is 0. The summed E-state index contributed by atoms with van der Waals surface area (Å²) in [6, 6.07) is 0. The normalized spacial score (nSPS) is 21.5. The van der Waals surface area contributed by atoms with Crippen LogP contribution in [-0.4, -0.2) is 58.1 Å². The second-order valence-electron chi connectivity index (χ2n) is 10.2. The highest BCUT2D eigenvalue weighted by Crippen LogP contribution is 2.40. The zero-order valence-corrected chi connectivity index (χ0v) is 21.7. The maximum absolute atomic E-state index is 12.0. The third-order valence-electron chi connectivity index (χ3n) is 6.13. The van der Waals surface area contributed by atoms with Crippen molar-refractivity contribution in [2.45, 2.75) is 103 Å². The van der Waals surface area contributed by atoms with Crippen LogP contribution in [0.2, 0.25) is 0 Å². The molecule has 1 saturated carbocycles. The molecule has 1 unspecified atom stereocenters. The molecule has 0 radical (unpaired) electrons. The summed E-state index contributed by atoms with van der Waals surface area (Å²) < 4.78 is 28.9. The van der Waals surface area contributed by atoms with Gasteiger partial charge < -0.3 is 23.2 Å². The predicted molar refractivity (Wildman–Crippen MR) is 126 cm³/mol. The molecule has 7 heteroatoms. The standard InChI is InChI=1S/C24H50NO5P/c1-5-6-7-8-9-10-11-12-13-14-15-20-28-24-18-16-17-23(24)22-30-31(26,27)29-21-19-25(2,3)4/h23-24H,5-22H2,1-4H3/t23-,24+/m0/s1. The third-order valence-corrected chi connectivity index (χ3v) is 7.09. The van der Waals surface area contributed by atoms with E-state index in [0.29, 0.717) is 11.0 Å². The van der Waals surface area contributed by atoms with E-state index in [1.54, 1.807) is 0 Å². The van der Waals surface area contributed by atoms with E-state index in [2.05, 4.69) is 6.92 Å². The largest absolute Gasteiger partial charge is 0.756 e. The Balaban J connectivity index is 2.05. The van der Waals surface area contributed by atoms with E-state index >= 15 is 0 Å². The molecule has 0 heterocycles. The Morgan fingerprint density at radius 1 is 0.839 bits per heavy atom. The number of phosphoric acid groups is 1. The van der Waals surface area contributed by atoms with E-state index in [-0.39, 0.29) is 25.2 Å². The van der Waals surface area contributed by atoms with Crippen LogP contribution in [-0.2, 0) is 18.3 Å². The summed E-state index contributed by atoms with van der Waals surface area (Å²) in [6.07, 6.45) is 17.7. The molecular weight excluding hydrogens is 413 g/mol. The molecule has 0 aromatic carbocycles. The lowest BCUT2D eigenvalue weighted by atomic mass is 10.1. The zero-order chi connectivity index (χ0) is 23.0. The molecule has 0 aromatic heterocycles. The molecule has 0 spiro atoms. The molecule has 0 N–H and O–H groups in total. The molecule has 0 saturated heterocycles. The van der Waals surface area contributed by atoms with Gasteiger partial charge in [0, 0.05) is 12.5 Å². The molecule has 31 heavy (non-hydrogen) atoms. The lowest BCUT2D eigenvalue weighted by Gasteiger charge is -2.28. The Hall–Kier alpha value is 0.0300. The molecule has 1 aliphatic rings. The molecule has 0 bridgehead atoms. The lowest BCUT2D eigenvalue weighted by Crippen LogP contribution is -2.37. The van der Waals surface area contributed by atoms with Crippen molar-refractivity contribution in [2.75, 3.05) is 47.5 Å². The summed E-state index contributed by atoms with van der Waals surface area (Å²) in [6.45, 7) is 3.97. The van der Waals surface area contributed by atoms with Crippen LogP contribution in [0.4, 0.5) is 0 Å². The van der Waals surface area contributed by atoms with Crippen molar-refractivity contribution in [1.29, 1.82) is 0 Å². The van der Waals surface area contributed by atoms with Crippen molar-refractivity contribution < 1.29 is 27.7 Å². The molecule has 0 amide bonds. The van der Waals surface area contributed by atoms with E-state index in [1.165, 1.54) is 64.2 Å². The van der Waals surface area contributed by atoms with Crippen molar-refractivity contribution in [1.82, 2.24) is 0 Å². The van der Waals surface area contributed by atoms with Gasteiger partial charge >= 0.3 is 0 Å². The van der Waals surface area contributed by atoms with Crippen molar-refractivity contribution >= 4 is 7.82 Å². The van der Waals surface area contributed by atoms with Gasteiger partial charge in [0.25, 0.3) is 7.82 Å². The topological polar surface area (TPSA) is 67.8 Å². The summed E-state index contributed by atoms with van der Waals surface area (Å²) in [5, 5.41) is 0. The van der Waals surface area contributed by atoms with E-state index in [1.807, 2.05) is 21.1 Å². The first-order valence-corrected chi connectivity index (χ1v) is 14.2. The van der Waals surface area contributed by atoms with Crippen LogP contribution in [0.5, 0.6) is 0 Å². The summed E-state index contributed by atoms with van der Waals surface area (Å²) in [5.41, 5.74) is 0. The number of rotatable bonds is 20. The first kappa shape index (κ1) is 29.1. The van der Waals surface area contributed by atoms with Crippen LogP contribution >= 0.6 is 7.82 Å². The number of unbranched alkanes of at least 4 members (excludes halogenated alkanes) is 10. The molecule has 0 aromatic rings. The van der Waals surface area contributed by atoms with Crippen LogP contribution in [0, 0.1) is 5.92 Å². The lowest BCUT2D eigenvalue weighted by molar-refractivity contribution is -0.870. The van der Waals surface area contributed by atoms with Gasteiger partial charge in [0.15, 0.2) is 0 Å². The maximum Gasteiger partial charge on any atom is 0.268 e. The van der Waals surface area contributed by atoms with Crippen LogP contribution < -0.4 is 4.89 Å². The molecule has 3 atom stereocenters. The van der Waals surface area contributed by atoms with Gasteiger partial charge in [0.2, 0.25) is 0 Å². The molecule has 6 nitrogen and oxygen atoms in total. The Morgan fingerprint density at radius 2 is 1.42 bits per heavy atom. The number of quaternary nitrogens is 1. The Morgan fingerprint density at radius 3 is 2.00 bits per heavy atom. The number of phosphoric ester groups is 1. The first-order chi connectivity index (χ1) is 14.7. The van der Waals surface area contributed by atoms with Crippen molar-refractivity contribution in [3.63, 3.8) is 0 Å². The molecular formula is C24H50NO5P. The van der Waals surface area contributed by atoms with Gasteiger partial charge in [-0.15, -0.1) is 0 Å². The minimum atomic E-state index is -4.23. The summed E-state index contributed by atoms with van der Waals surface area (Å²) in [4.78, 5) is 12.0. The monoisotopic (exact) mass is 463 g/mol. The van der Waals surface area contributed by atoms with Gasteiger partial charge in [-0.1, -0.05) is 77.6 Å². The number of likely N-dealkylation sites (N-methyl/N-ethyl adjacent to an activating group) is 1. The summed E-state index contributed by atoms with van der Waals surface area (Å²) in [7, 11) is 1.76. The van der Waals surface area contributed by atoms with Crippen LogP contribution in [0.15, 0.2) is 0 Å². The zero-order valence-electron chi connectivity index (χ0n) is 20.8. The van der Waals surface area contributed by atoms with Gasteiger partial charge in [0.1, 0.15) is 13.2 Å². The smallest absolute Gasteiger partial charge is 0.268 e. The fourth-order valence-corrected chi connectivity index (χ4v) is 4.82. The van der Waals surface area contributed by atoms with E-state index in [9.17, 15) is 9.46 Å². The van der Waals surface area contributed by atoms with Crippen molar-refractivity contribution in [3.8, 4) is 0 Å². The minimum Gasteiger partial charge on any atom is -0.756 e. The number of hydrogen-bond donors (Lipinski definition) is 0. The number of ether oxygens (including phenoxy) is 1. The van der Waals surface area contributed by atoms with Gasteiger partial charge in [0.05, 0.1) is 33.9 Å². The van der Waals surface area contributed by atoms with Gasteiger partial charge in [-0.05, 0) is 19.3 Å².